The molecule has 2 heterocycles. The van der Waals surface area contributed by atoms with Gasteiger partial charge in [-0.2, -0.15) is 0 Å². The molecule has 1 aliphatic carbocycles. The molecule has 1 aromatic heterocycles. The number of carboxylic acid groups (broad SMARTS) is 1. The third-order valence-corrected chi connectivity index (χ3v) is 8.69. The molecule has 1 aliphatic heterocycles. The summed E-state index contributed by atoms with van der Waals surface area (Å²) in [5.41, 5.74) is 7.52. The third kappa shape index (κ3) is 5.38. The first-order valence-electron chi connectivity index (χ1n) is 14.6. The van der Waals surface area contributed by atoms with Crippen LogP contribution in [0.15, 0.2) is 66.7 Å². The van der Waals surface area contributed by atoms with Crippen molar-refractivity contribution < 1.29 is 19.4 Å². The van der Waals surface area contributed by atoms with Crippen LogP contribution in [0.3, 0.4) is 0 Å². The summed E-state index contributed by atoms with van der Waals surface area (Å²) in [5, 5.41) is 11.0. The molecule has 0 amide bonds. The summed E-state index contributed by atoms with van der Waals surface area (Å²) in [6.45, 7) is 5.11. The van der Waals surface area contributed by atoms with Crippen molar-refractivity contribution in [1.82, 2.24) is 9.47 Å². The van der Waals surface area contributed by atoms with E-state index in [0.29, 0.717) is 11.5 Å². The van der Waals surface area contributed by atoms with Gasteiger partial charge in [-0.3, -0.25) is 4.90 Å². The highest BCUT2D eigenvalue weighted by atomic mass is 16.5. The van der Waals surface area contributed by atoms with Crippen molar-refractivity contribution >= 4 is 16.9 Å². The molecule has 40 heavy (non-hydrogen) atoms. The quantitative estimate of drug-likeness (QED) is 0.260. The molecule has 6 rings (SSSR count). The van der Waals surface area contributed by atoms with Crippen LogP contribution in [0.5, 0.6) is 5.75 Å². The summed E-state index contributed by atoms with van der Waals surface area (Å²) in [4.78, 5) is 14.4. The maximum Gasteiger partial charge on any atom is 0.335 e. The molecule has 1 saturated carbocycles. The minimum Gasteiger partial charge on any atom is -0.497 e. The second-order valence-electron chi connectivity index (χ2n) is 11.0. The van der Waals surface area contributed by atoms with E-state index in [4.69, 9.17) is 9.47 Å². The summed E-state index contributed by atoms with van der Waals surface area (Å²) in [6, 6.07) is 22.8. The molecular weight excluding hydrogens is 500 g/mol. The number of aromatic nitrogens is 1. The fourth-order valence-corrected chi connectivity index (χ4v) is 6.53. The Balaban J connectivity index is 1.47. The van der Waals surface area contributed by atoms with Gasteiger partial charge in [-0.05, 0) is 65.3 Å². The van der Waals surface area contributed by atoms with Crippen molar-refractivity contribution in [3.05, 3.63) is 77.9 Å². The highest BCUT2D eigenvalue weighted by Crippen LogP contribution is 2.44. The lowest BCUT2D eigenvalue weighted by Crippen LogP contribution is -2.38. The number of nitrogens with zero attached hydrogens (tertiary/aromatic N) is 2. The molecule has 6 nitrogen and oxygen atoms in total. The first kappa shape index (κ1) is 26.6. The molecule has 4 aromatic rings. The largest absolute Gasteiger partial charge is 0.497 e. The van der Waals surface area contributed by atoms with Gasteiger partial charge in [0.2, 0.25) is 0 Å². The van der Waals surface area contributed by atoms with Gasteiger partial charge in [0.25, 0.3) is 0 Å². The third-order valence-electron chi connectivity index (χ3n) is 8.69. The average molecular weight is 539 g/mol. The van der Waals surface area contributed by atoms with Crippen LogP contribution in [0.25, 0.3) is 33.3 Å². The molecule has 3 aromatic carbocycles. The maximum atomic E-state index is 12.0. The van der Waals surface area contributed by atoms with E-state index in [1.807, 2.05) is 18.2 Å². The molecule has 2 fully saturated rings. The van der Waals surface area contributed by atoms with Gasteiger partial charge in [-0.15, -0.1) is 0 Å². The molecule has 0 bridgehead atoms. The Morgan fingerprint density at radius 3 is 2.17 bits per heavy atom. The summed E-state index contributed by atoms with van der Waals surface area (Å²) < 4.78 is 13.3. The lowest BCUT2D eigenvalue weighted by Gasteiger charge is -2.27. The van der Waals surface area contributed by atoms with Crippen LogP contribution in [0.2, 0.25) is 0 Å². The van der Waals surface area contributed by atoms with Crippen LogP contribution in [0.4, 0.5) is 0 Å². The zero-order chi connectivity index (χ0) is 27.5. The zero-order valence-electron chi connectivity index (χ0n) is 23.3. The summed E-state index contributed by atoms with van der Waals surface area (Å²) in [5.74, 6) is 0.447. The molecule has 0 spiro atoms. The highest BCUT2D eigenvalue weighted by Gasteiger charge is 2.27. The number of hydrogen-bond donors (Lipinski definition) is 1. The first-order valence-corrected chi connectivity index (χ1v) is 14.6. The number of benzene rings is 3. The predicted molar refractivity (Wildman–Crippen MR) is 159 cm³/mol. The van der Waals surface area contributed by atoms with Crippen molar-refractivity contribution in [2.75, 3.05) is 40.0 Å². The predicted octanol–water partition coefficient (Wildman–Crippen LogP) is 7.06. The van der Waals surface area contributed by atoms with Crippen LogP contribution in [-0.2, 0) is 11.3 Å². The van der Waals surface area contributed by atoms with E-state index in [1.54, 1.807) is 13.2 Å². The monoisotopic (exact) mass is 538 g/mol. The van der Waals surface area contributed by atoms with Crippen LogP contribution in [-0.4, -0.2) is 60.5 Å². The van der Waals surface area contributed by atoms with Crippen molar-refractivity contribution in [2.24, 2.45) is 0 Å². The molecule has 1 N–H and O–H groups in total. The highest BCUT2D eigenvalue weighted by molar-refractivity contribution is 5.98. The standard InChI is InChI=1S/C34H38N2O4/c1-39-29-14-11-25(12-15-29)24-7-9-27(10-8-24)33-32(26-5-3-2-4-6-26)30-16-13-28(34(37)38)23-31(30)36(33)18-17-35-19-21-40-22-20-35/h7-16,23,26H,2-6,17-22H2,1H3,(H,37,38). The number of hydrogen-bond acceptors (Lipinski definition) is 4. The number of rotatable bonds is 8. The Morgan fingerprint density at radius 1 is 0.875 bits per heavy atom. The Bertz CT molecular complexity index is 1460. The summed E-state index contributed by atoms with van der Waals surface area (Å²) in [6.07, 6.45) is 6.14. The molecule has 2 aliphatic rings. The fraction of sp³-hybridized carbons (Fsp3) is 0.382. The number of aromatic carboxylic acids is 1. The number of morpholine rings is 1. The van der Waals surface area contributed by atoms with Crippen LogP contribution < -0.4 is 4.74 Å². The molecular formula is C34H38N2O4. The van der Waals surface area contributed by atoms with Crippen molar-refractivity contribution in [3.8, 4) is 28.1 Å². The van der Waals surface area contributed by atoms with Crippen molar-refractivity contribution in [3.63, 3.8) is 0 Å². The minimum absolute atomic E-state index is 0.342. The smallest absolute Gasteiger partial charge is 0.335 e. The minimum atomic E-state index is -0.882. The van der Waals surface area contributed by atoms with Crippen molar-refractivity contribution in [2.45, 2.75) is 44.6 Å². The second kappa shape index (κ2) is 11.9. The molecule has 208 valence electrons. The normalized spacial score (nSPS) is 16.8. The van der Waals surface area contributed by atoms with Crippen LogP contribution in [0.1, 0.15) is 53.9 Å². The lowest BCUT2D eigenvalue weighted by atomic mass is 9.81. The van der Waals surface area contributed by atoms with Gasteiger partial charge in [-0.1, -0.05) is 61.7 Å². The Hall–Kier alpha value is -3.61. The van der Waals surface area contributed by atoms with Gasteiger partial charge in [-0.25, -0.2) is 4.79 Å². The number of fused-ring (bicyclic) bond motifs is 1. The summed E-state index contributed by atoms with van der Waals surface area (Å²) >= 11 is 0. The van der Waals surface area contributed by atoms with Gasteiger partial charge >= 0.3 is 5.97 Å². The van der Waals surface area contributed by atoms with Gasteiger partial charge < -0.3 is 19.1 Å². The molecule has 0 atom stereocenters. The Morgan fingerprint density at radius 2 is 1.52 bits per heavy atom. The number of carbonyl (C=O) groups is 1. The van der Waals surface area contributed by atoms with Crippen molar-refractivity contribution in [1.29, 1.82) is 0 Å². The molecule has 6 heteroatoms. The maximum absolute atomic E-state index is 12.0. The van der Waals surface area contributed by atoms with Gasteiger partial charge in [0.1, 0.15) is 5.75 Å². The van der Waals surface area contributed by atoms with E-state index in [1.165, 1.54) is 54.3 Å². The van der Waals surface area contributed by atoms with Crippen LogP contribution >= 0.6 is 0 Å². The average Bonchev–Trinajstić information content (AvgIpc) is 3.34. The van der Waals surface area contributed by atoms with E-state index in [0.717, 1.165) is 61.8 Å². The van der Waals surface area contributed by atoms with E-state index in [9.17, 15) is 9.90 Å². The molecule has 0 unspecified atom stereocenters. The second-order valence-corrected chi connectivity index (χ2v) is 11.0. The summed E-state index contributed by atoms with van der Waals surface area (Å²) in [7, 11) is 1.69. The van der Waals surface area contributed by atoms with E-state index in [2.05, 4.69) is 51.9 Å². The zero-order valence-corrected chi connectivity index (χ0v) is 23.3. The molecule has 1 saturated heterocycles. The Kier molecular flexibility index (Phi) is 7.89. The lowest BCUT2D eigenvalue weighted by molar-refractivity contribution is 0.0366. The van der Waals surface area contributed by atoms with E-state index in [-0.39, 0.29) is 0 Å². The first-order chi connectivity index (χ1) is 19.6. The van der Waals surface area contributed by atoms with Gasteiger partial charge in [0, 0.05) is 37.1 Å². The van der Waals surface area contributed by atoms with Crippen LogP contribution in [0, 0.1) is 0 Å². The number of methoxy groups -OCH3 is 1. The van der Waals surface area contributed by atoms with E-state index >= 15 is 0 Å². The topological polar surface area (TPSA) is 63.9 Å². The van der Waals surface area contributed by atoms with Gasteiger partial charge in [0.05, 0.1) is 31.6 Å². The Labute approximate surface area is 236 Å². The molecule has 0 radical (unpaired) electrons. The SMILES string of the molecule is COc1ccc(-c2ccc(-c3c(C4CCCCC4)c4ccc(C(=O)O)cc4n3CCN3CCOCC3)cc2)cc1. The van der Waals surface area contributed by atoms with E-state index < -0.39 is 5.97 Å². The fourth-order valence-electron chi connectivity index (χ4n) is 6.53. The number of carboxylic acids is 1. The number of ether oxygens (including phenoxy) is 2. The van der Waals surface area contributed by atoms with Gasteiger partial charge in [0.15, 0.2) is 0 Å².